The normalized spacial score (nSPS) is 21.6. The Labute approximate surface area is 222 Å². The maximum absolute atomic E-state index is 13.8. The van der Waals surface area contributed by atoms with Gasteiger partial charge in [-0.15, -0.1) is 0 Å². The van der Waals surface area contributed by atoms with Gasteiger partial charge in [-0.05, 0) is 48.4 Å². The number of allylic oxidation sites excluding steroid dienone is 1. The number of rotatable bonds is 4. The molecule has 1 atom stereocenters. The zero-order valence-corrected chi connectivity index (χ0v) is 22.1. The number of hydrogen-bond donors (Lipinski definition) is 2. The quantitative estimate of drug-likeness (QED) is 0.610. The summed E-state index contributed by atoms with van der Waals surface area (Å²) in [5.41, 5.74) is 9.36. The van der Waals surface area contributed by atoms with Gasteiger partial charge in [0, 0.05) is 41.7 Å². The number of Topliss-reactive ketones (excluding diaryl/α,β-unsaturated/α-hetero) is 1. The second-order valence-corrected chi connectivity index (χ2v) is 11.5. The molecule has 5 rings (SSSR count). The molecule has 2 aliphatic heterocycles. The Morgan fingerprint density at radius 3 is 2.43 bits per heavy atom. The number of ketones is 1. The number of nitrogens with two attached hydrogens (primary N) is 1. The van der Waals surface area contributed by atoms with Crippen LogP contribution in [0.2, 0.25) is 5.02 Å². The number of likely N-dealkylation sites (tertiary alicyclic amines) is 1. The number of carbonyl (C=O) groups is 3. The predicted octanol–water partition coefficient (Wildman–Crippen LogP) is 4.68. The molecule has 0 bridgehead atoms. The molecule has 2 amide bonds. The van der Waals surface area contributed by atoms with Crippen molar-refractivity contribution in [3.05, 3.63) is 70.4 Å². The molecule has 0 aromatic heterocycles. The molecular weight excluding hydrogens is 488 g/mol. The Kier molecular flexibility index (Phi) is 6.75. The van der Waals surface area contributed by atoms with E-state index in [1.165, 1.54) is 0 Å². The highest BCUT2D eigenvalue weighted by atomic mass is 35.5. The van der Waals surface area contributed by atoms with Crippen molar-refractivity contribution in [3.63, 3.8) is 0 Å². The summed E-state index contributed by atoms with van der Waals surface area (Å²) in [5.74, 6) is -0.491. The summed E-state index contributed by atoms with van der Waals surface area (Å²) in [4.78, 5) is 42.9. The first-order valence-corrected chi connectivity index (χ1v) is 13.2. The molecule has 8 heteroatoms. The number of primary amides is 1. The van der Waals surface area contributed by atoms with E-state index < -0.39 is 6.04 Å². The van der Waals surface area contributed by atoms with Gasteiger partial charge < -0.3 is 20.9 Å². The number of anilines is 2. The second-order valence-electron chi connectivity index (χ2n) is 11.1. The maximum Gasteiger partial charge on any atom is 0.242 e. The van der Waals surface area contributed by atoms with Crippen LogP contribution in [-0.4, -0.2) is 42.1 Å². The van der Waals surface area contributed by atoms with Crippen LogP contribution in [0, 0.1) is 11.3 Å². The molecule has 2 heterocycles. The minimum atomic E-state index is -0.518. The lowest BCUT2D eigenvalue weighted by molar-refractivity contribution is -0.133. The van der Waals surface area contributed by atoms with Crippen LogP contribution in [0.3, 0.4) is 0 Å². The third kappa shape index (κ3) is 4.97. The first kappa shape index (κ1) is 25.3. The van der Waals surface area contributed by atoms with Crippen LogP contribution in [0.1, 0.15) is 51.1 Å². The average Bonchev–Trinajstić information content (AvgIpc) is 2.98. The first-order valence-electron chi connectivity index (χ1n) is 12.8. The van der Waals surface area contributed by atoms with E-state index in [4.69, 9.17) is 17.3 Å². The van der Waals surface area contributed by atoms with E-state index in [1.807, 2.05) is 53.4 Å². The smallest absolute Gasteiger partial charge is 0.242 e. The highest BCUT2D eigenvalue weighted by molar-refractivity contribution is 6.31. The molecule has 1 fully saturated rings. The summed E-state index contributed by atoms with van der Waals surface area (Å²) < 4.78 is 0. The molecule has 1 saturated heterocycles. The molecular formula is C29H33ClN4O3. The molecule has 194 valence electrons. The number of nitrogens with zero attached hydrogens (tertiary/aromatic N) is 2. The van der Waals surface area contributed by atoms with Crippen molar-refractivity contribution in [3.8, 4) is 0 Å². The molecule has 0 saturated carbocycles. The molecule has 2 aromatic carbocycles. The van der Waals surface area contributed by atoms with Gasteiger partial charge in [-0.1, -0.05) is 55.8 Å². The van der Waals surface area contributed by atoms with E-state index in [1.54, 1.807) is 4.90 Å². The van der Waals surface area contributed by atoms with Gasteiger partial charge >= 0.3 is 0 Å². The summed E-state index contributed by atoms with van der Waals surface area (Å²) >= 11 is 6.75. The van der Waals surface area contributed by atoms with Gasteiger partial charge in [0.15, 0.2) is 5.78 Å². The van der Waals surface area contributed by atoms with Crippen molar-refractivity contribution in [1.82, 2.24) is 4.90 Å². The van der Waals surface area contributed by atoms with Crippen LogP contribution in [-0.2, 0) is 14.4 Å². The number of piperidine rings is 1. The standard InChI is InChI=1S/C29H33ClN4O3/c1-29(2)15-22-26(24(35)16-29)27(19-7-3-4-8-20(19)30)34(23-10-6-5-9-21(23)32-22)17-25(36)33-13-11-18(12-14-33)28(31)37/h3-10,18,27,32H,11-17H2,1-2H3,(H2,31,37). The van der Waals surface area contributed by atoms with Crippen LogP contribution < -0.4 is 16.0 Å². The molecule has 1 aliphatic carbocycles. The molecule has 7 nitrogen and oxygen atoms in total. The van der Waals surface area contributed by atoms with Crippen molar-refractivity contribution < 1.29 is 14.4 Å². The third-order valence-corrected chi connectivity index (χ3v) is 8.10. The molecule has 0 radical (unpaired) electrons. The summed E-state index contributed by atoms with van der Waals surface area (Å²) in [6, 6.07) is 14.9. The topological polar surface area (TPSA) is 95.7 Å². The van der Waals surface area contributed by atoms with Gasteiger partial charge in [-0.25, -0.2) is 0 Å². The van der Waals surface area contributed by atoms with Crippen molar-refractivity contribution in [2.75, 3.05) is 29.9 Å². The second kappa shape index (κ2) is 9.86. The van der Waals surface area contributed by atoms with Crippen LogP contribution in [0.15, 0.2) is 59.8 Å². The Balaban J connectivity index is 1.59. The highest BCUT2D eigenvalue weighted by Crippen LogP contribution is 2.49. The number of nitrogens with one attached hydrogen (secondary N) is 1. The SMILES string of the molecule is CC1(C)CC(=O)C2=C(C1)Nc1ccccc1N(CC(=O)N1CCC(C(N)=O)CC1)C2c1ccccc1Cl. The first-order chi connectivity index (χ1) is 17.6. The summed E-state index contributed by atoms with van der Waals surface area (Å²) in [6.07, 6.45) is 2.27. The maximum atomic E-state index is 13.8. The number of halogens is 1. The molecule has 0 spiro atoms. The van der Waals surface area contributed by atoms with Crippen LogP contribution in [0.25, 0.3) is 0 Å². The minimum absolute atomic E-state index is 0.0533. The van der Waals surface area contributed by atoms with E-state index in [0.717, 1.165) is 22.6 Å². The lowest BCUT2D eigenvalue weighted by Gasteiger charge is -2.39. The number of para-hydroxylation sites is 2. The predicted molar refractivity (Wildman–Crippen MR) is 145 cm³/mol. The Morgan fingerprint density at radius 2 is 1.73 bits per heavy atom. The van der Waals surface area contributed by atoms with Crippen molar-refractivity contribution in [2.45, 2.75) is 45.6 Å². The van der Waals surface area contributed by atoms with Crippen molar-refractivity contribution in [1.29, 1.82) is 0 Å². The number of carbonyl (C=O) groups excluding carboxylic acids is 3. The molecule has 2 aromatic rings. The zero-order valence-electron chi connectivity index (χ0n) is 21.3. The van der Waals surface area contributed by atoms with Gasteiger partial charge in [0.2, 0.25) is 11.8 Å². The van der Waals surface area contributed by atoms with Crippen molar-refractivity contribution >= 4 is 40.6 Å². The van der Waals surface area contributed by atoms with E-state index in [2.05, 4.69) is 19.2 Å². The van der Waals surface area contributed by atoms with Crippen LogP contribution >= 0.6 is 11.6 Å². The van der Waals surface area contributed by atoms with E-state index in [0.29, 0.717) is 49.4 Å². The largest absolute Gasteiger partial charge is 0.369 e. The fourth-order valence-corrected chi connectivity index (χ4v) is 6.15. The number of benzene rings is 2. The van der Waals surface area contributed by atoms with E-state index in [-0.39, 0.29) is 35.5 Å². The number of fused-ring (bicyclic) bond motifs is 1. The lowest BCUT2D eigenvalue weighted by atomic mass is 9.73. The van der Waals surface area contributed by atoms with E-state index >= 15 is 0 Å². The number of hydrogen-bond acceptors (Lipinski definition) is 5. The Morgan fingerprint density at radius 1 is 1.05 bits per heavy atom. The Hall–Kier alpha value is -3.32. The van der Waals surface area contributed by atoms with Crippen molar-refractivity contribution in [2.24, 2.45) is 17.1 Å². The fraction of sp³-hybridized carbons (Fsp3) is 0.414. The monoisotopic (exact) mass is 520 g/mol. The molecule has 37 heavy (non-hydrogen) atoms. The third-order valence-electron chi connectivity index (χ3n) is 7.76. The molecule has 3 aliphatic rings. The summed E-state index contributed by atoms with van der Waals surface area (Å²) in [7, 11) is 0. The van der Waals surface area contributed by atoms with E-state index in [9.17, 15) is 14.4 Å². The molecule has 3 N–H and O–H groups in total. The minimum Gasteiger partial charge on any atom is -0.369 e. The summed E-state index contributed by atoms with van der Waals surface area (Å²) in [5, 5.41) is 4.12. The van der Waals surface area contributed by atoms with Gasteiger partial charge in [0.25, 0.3) is 0 Å². The number of amides is 2. The van der Waals surface area contributed by atoms with Gasteiger partial charge in [-0.2, -0.15) is 0 Å². The Bertz CT molecular complexity index is 1280. The van der Waals surface area contributed by atoms with Crippen LogP contribution in [0.4, 0.5) is 11.4 Å². The fourth-order valence-electron chi connectivity index (χ4n) is 5.91. The molecule has 1 unspecified atom stereocenters. The average molecular weight is 521 g/mol. The van der Waals surface area contributed by atoms with Crippen LogP contribution in [0.5, 0.6) is 0 Å². The lowest BCUT2D eigenvalue weighted by Crippen LogP contribution is -2.47. The van der Waals surface area contributed by atoms with Gasteiger partial charge in [0.1, 0.15) is 0 Å². The van der Waals surface area contributed by atoms with Gasteiger partial charge in [0.05, 0.1) is 24.0 Å². The zero-order chi connectivity index (χ0) is 26.3. The summed E-state index contributed by atoms with van der Waals surface area (Å²) in [6.45, 7) is 5.25. The van der Waals surface area contributed by atoms with Gasteiger partial charge in [-0.3, -0.25) is 14.4 Å². The highest BCUT2D eigenvalue weighted by Gasteiger charge is 2.42.